The molecule has 3 N–H and O–H groups in total. The van der Waals surface area contributed by atoms with Crippen LogP contribution in [0.3, 0.4) is 0 Å². The van der Waals surface area contributed by atoms with Crippen molar-refractivity contribution < 1.29 is 41.1 Å². The molecule has 0 radical (unpaired) electrons. The molecule has 6 rings (SSSR count). The largest absolute Gasteiger partial charge is 0.388 e. The summed E-state index contributed by atoms with van der Waals surface area (Å²) in [6.07, 6.45) is -4.85. The summed E-state index contributed by atoms with van der Waals surface area (Å²) in [5, 5.41) is 0. The Bertz CT molecular complexity index is 1820. The van der Waals surface area contributed by atoms with Crippen LogP contribution >= 0.6 is 38.1 Å². The van der Waals surface area contributed by atoms with E-state index in [1.807, 2.05) is 0 Å². The third-order valence-corrected chi connectivity index (χ3v) is 9.37. The molecule has 0 amide bonds. The number of ether oxygens (including phenoxy) is 2. The number of aromatic amines is 1. The molecule has 4 aromatic rings. The third kappa shape index (κ3) is 5.73. The summed E-state index contributed by atoms with van der Waals surface area (Å²) >= 11 is 8.00. The number of imidazole rings is 2. The maximum Gasteiger partial charge on any atom is 0.388 e. The first-order valence-corrected chi connectivity index (χ1v) is 17.4. The van der Waals surface area contributed by atoms with E-state index in [1.165, 1.54) is 13.3 Å². The molecule has 4 aromatic heterocycles. The number of nitrogens with zero attached hydrogens (tertiary/aromatic N) is 7. The zero-order chi connectivity index (χ0) is 29.8. The number of nitrogen functional groups attached to an aromatic ring is 1. The molecule has 0 aromatic carbocycles. The maximum absolute atomic E-state index is 15.8. The van der Waals surface area contributed by atoms with Gasteiger partial charge in [0.15, 0.2) is 35.0 Å². The fraction of sp³-hybridized carbons (Fsp3) is 0.474. The van der Waals surface area contributed by atoms with E-state index in [0.717, 1.165) is 10.9 Å². The zero-order valence-corrected chi connectivity index (χ0v) is 24.9. The van der Waals surface area contributed by atoms with Crippen LogP contribution < -0.4 is 11.3 Å². The van der Waals surface area contributed by atoms with Gasteiger partial charge in [0, 0.05) is 13.7 Å². The third-order valence-electron chi connectivity index (χ3n) is 6.16. The zero-order valence-electron chi connectivity index (χ0n) is 21.3. The van der Waals surface area contributed by atoms with Gasteiger partial charge in [-0.1, -0.05) is 24.5 Å². The van der Waals surface area contributed by atoms with E-state index in [9.17, 15) is 13.9 Å². The highest BCUT2D eigenvalue weighted by atomic mass is 32.7. The van der Waals surface area contributed by atoms with Crippen LogP contribution in [0.15, 0.2) is 17.3 Å². The van der Waals surface area contributed by atoms with Crippen LogP contribution in [-0.2, 0) is 56.5 Å². The summed E-state index contributed by atoms with van der Waals surface area (Å²) in [4.78, 5) is 35.6. The van der Waals surface area contributed by atoms with Crippen LogP contribution in [0.5, 0.6) is 0 Å². The Morgan fingerprint density at radius 1 is 1.17 bits per heavy atom. The van der Waals surface area contributed by atoms with E-state index in [1.54, 1.807) is 4.57 Å². The van der Waals surface area contributed by atoms with Gasteiger partial charge in [-0.3, -0.25) is 32.4 Å². The number of alkyl halides is 1. The minimum absolute atomic E-state index is 0.00274. The molecular weight excluding hydrogens is 643 g/mol. The first kappa shape index (κ1) is 29.6. The number of nitrogens with one attached hydrogen (secondary N) is 1. The number of anilines is 1. The second kappa shape index (κ2) is 11.2. The molecule has 2 bridgehead atoms. The Morgan fingerprint density at radius 2 is 1.95 bits per heavy atom. The number of rotatable bonds is 3. The normalized spacial score (nSPS) is 30.9. The lowest BCUT2D eigenvalue weighted by molar-refractivity contribution is -0.118. The summed E-state index contributed by atoms with van der Waals surface area (Å²) in [7, 11) is 1.49. The lowest BCUT2D eigenvalue weighted by atomic mass is 10.2. The fourth-order valence-electron chi connectivity index (χ4n) is 4.43. The molecule has 2 aliphatic heterocycles. The number of methoxy groups -OCH3 is 1. The number of aromatic nitrogens is 8. The van der Waals surface area contributed by atoms with Crippen LogP contribution in [0.2, 0.25) is 0 Å². The Hall–Kier alpha value is -2.45. The molecule has 0 saturated carbocycles. The van der Waals surface area contributed by atoms with Gasteiger partial charge in [0.25, 0.3) is 5.56 Å². The summed E-state index contributed by atoms with van der Waals surface area (Å²) in [6.45, 7) is -9.19. The Balaban J connectivity index is 1.38. The number of hydrogen-bond donors (Lipinski definition) is 4. The second-order valence-electron chi connectivity index (χ2n) is 8.94. The fourth-order valence-corrected chi connectivity index (χ4v) is 7.12. The van der Waals surface area contributed by atoms with Gasteiger partial charge in [0.1, 0.15) is 30.7 Å². The SMILES string of the molecule is COCc1ncc2nc3n(c2n1)CCOP(=O)(S)O[C@H]1OC(n2cnc4c(=O)[nH]c(N)nc42)[C@H](OP(=O)(S)OC3)[C@@H]1F. The molecule has 2 aliphatic rings. The number of nitrogens with two attached hydrogens (primary N) is 1. The summed E-state index contributed by atoms with van der Waals surface area (Å²) in [5.74, 6) is 0.307. The smallest absolute Gasteiger partial charge is 0.377 e. The van der Waals surface area contributed by atoms with Crippen molar-refractivity contribution in [3.63, 3.8) is 0 Å². The predicted octanol–water partition coefficient (Wildman–Crippen LogP) is 1.91. The standard InChI is InChI=1S/C19H22FN9O9P2S2/c1-33-5-9-22-4-8-14(25-9)28-2-3-34-39(31,41)38-18-11(20)13(37-40(32,42)35-6-10(28)24-8)17(36-18)29-7-23-12-15(29)26-19(21)27-16(12)30/h4,7,11,13,17-18H,2-3,5-6H2,1H3,(H,31,41)(H,32,42)(H3,21,26,27,30)/t11-,13+,17?,18+,39?,40?/m0/s1. The van der Waals surface area contributed by atoms with E-state index in [-0.39, 0.29) is 42.7 Å². The van der Waals surface area contributed by atoms with Gasteiger partial charge in [-0.2, -0.15) is 4.98 Å². The Morgan fingerprint density at radius 3 is 2.74 bits per heavy atom. The Kier molecular flexibility index (Phi) is 7.92. The minimum Gasteiger partial charge on any atom is -0.377 e. The number of thiol groups is 2. The van der Waals surface area contributed by atoms with Gasteiger partial charge in [-0.05, 0) is 0 Å². The van der Waals surface area contributed by atoms with Gasteiger partial charge < -0.3 is 19.8 Å². The Labute approximate surface area is 244 Å². The quantitative estimate of drug-likeness (QED) is 0.181. The van der Waals surface area contributed by atoms with Crippen molar-refractivity contribution in [3.05, 3.63) is 34.5 Å². The average Bonchev–Trinajstić information content (AvgIpc) is 3.57. The van der Waals surface area contributed by atoms with Gasteiger partial charge >= 0.3 is 13.6 Å². The highest BCUT2D eigenvalue weighted by molar-refractivity contribution is 8.44. The van der Waals surface area contributed by atoms with E-state index in [4.69, 9.17) is 33.3 Å². The number of H-pyrrole nitrogens is 1. The molecule has 0 aliphatic carbocycles. The molecule has 226 valence electrons. The number of hydrogen-bond acceptors (Lipinski definition) is 15. The first-order valence-electron chi connectivity index (χ1n) is 12.0. The van der Waals surface area contributed by atoms with Gasteiger partial charge in [0.05, 0.1) is 19.1 Å². The molecule has 42 heavy (non-hydrogen) atoms. The molecule has 23 heteroatoms. The van der Waals surface area contributed by atoms with E-state index >= 15 is 4.39 Å². The van der Waals surface area contributed by atoms with Crippen molar-refractivity contribution in [1.29, 1.82) is 0 Å². The molecule has 6 heterocycles. The van der Waals surface area contributed by atoms with Crippen LogP contribution in [0.4, 0.5) is 10.3 Å². The van der Waals surface area contributed by atoms with Gasteiger partial charge in [-0.15, -0.1) is 0 Å². The van der Waals surface area contributed by atoms with Gasteiger partial charge in [-0.25, -0.2) is 33.5 Å². The van der Waals surface area contributed by atoms with E-state index in [0.29, 0.717) is 17.0 Å². The summed E-state index contributed by atoms with van der Waals surface area (Å²) < 4.78 is 77.4. The van der Waals surface area contributed by atoms with E-state index in [2.05, 4.69) is 54.4 Å². The monoisotopic (exact) mass is 665 g/mol. The lowest BCUT2D eigenvalue weighted by Crippen LogP contribution is -2.31. The van der Waals surface area contributed by atoms with Crippen molar-refractivity contribution in [2.45, 2.75) is 44.6 Å². The molecule has 1 saturated heterocycles. The second-order valence-corrected chi connectivity index (χ2v) is 14.7. The number of fused-ring (bicyclic) bond motifs is 6. The average molecular weight is 666 g/mol. The van der Waals surface area contributed by atoms with Crippen LogP contribution in [0.1, 0.15) is 17.9 Å². The highest BCUT2D eigenvalue weighted by Crippen LogP contribution is 2.60. The predicted molar refractivity (Wildman–Crippen MR) is 147 cm³/mol. The summed E-state index contributed by atoms with van der Waals surface area (Å²) in [6, 6.07) is 0. The van der Waals surface area contributed by atoms with Crippen molar-refractivity contribution in [2.75, 3.05) is 19.5 Å². The molecule has 0 spiro atoms. The van der Waals surface area contributed by atoms with Crippen LogP contribution in [0.25, 0.3) is 22.3 Å². The van der Waals surface area contributed by atoms with Crippen LogP contribution in [0, 0.1) is 0 Å². The maximum atomic E-state index is 15.8. The van der Waals surface area contributed by atoms with Crippen molar-refractivity contribution >= 4 is 66.4 Å². The molecular formula is C19H22FN9O9P2S2. The highest BCUT2D eigenvalue weighted by Gasteiger charge is 2.53. The van der Waals surface area contributed by atoms with Crippen molar-refractivity contribution in [2.24, 2.45) is 0 Å². The number of halogens is 1. The van der Waals surface area contributed by atoms with Crippen molar-refractivity contribution in [1.82, 2.24) is 39.0 Å². The molecule has 1 fully saturated rings. The van der Waals surface area contributed by atoms with Crippen molar-refractivity contribution in [3.8, 4) is 0 Å². The molecule has 6 atom stereocenters. The summed E-state index contributed by atoms with van der Waals surface area (Å²) in [5.41, 5.74) is 5.46. The molecule has 3 unspecified atom stereocenters. The van der Waals surface area contributed by atoms with Crippen LogP contribution in [-0.4, -0.2) is 71.3 Å². The lowest BCUT2D eigenvalue weighted by Gasteiger charge is -2.24. The first-order chi connectivity index (χ1) is 19.9. The van der Waals surface area contributed by atoms with E-state index < -0.39 is 50.6 Å². The minimum atomic E-state index is -4.37. The molecule has 18 nitrogen and oxygen atoms in total. The topological polar surface area (TPSA) is 223 Å². The van der Waals surface area contributed by atoms with Gasteiger partial charge in [0.2, 0.25) is 12.2 Å².